The Kier molecular flexibility index (Phi) is 7.75. The highest BCUT2D eigenvalue weighted by Gasteiger charge is 2.56. The van der Waals surface area contributed by atoms with Crippen LogP contribution in [0, 0.1) is 23.2 Å². The van der Waals surface area contributed by atoms with Gasteiger partial charge < -0.3 is 15.2 Å². The van der Waals surface area contributed by atoms with Crippen molar-refractivity contribution in [3.63, 3.8) is 0 Å². The summed E-state index contributed by atoms with van der Waals surface area (Å²) in [6.07, 6.45) is 7.86. The highest BCUT2D eigenvalue weighted by molar-refractivity contribution is 5.88. The Balaban J connectivity index is 1.66. The molecule has 2 fully saturated rings. The summed E-state index contributed by atoms with van der Waals surface area (Å²) in [5, 5.41) is 0. The smallest absolute Gasteiger partial charge is 0.307 e. The number of amides is 1. The number of methoxy groups -OCH3 is 1. The molecule has 1 aromatic rings. The van der Waals surface area contributed by atoms with E-state index in [9.17, 15) is 9.59 Å². The summed E-state index contributed by atoms with van der Waals surface area (Å²) in [6.45, 7) is 5.86. The molecule has 0 saturated heterocycles. The van der Waals surface area contributed by atoms with Crippen molar-refractivity contribution in [2.24, 2.45) is 22.1 Å². The van der Waals surface area contributed by atoms with Crippen LogP contribution < -0.4 is 5.73 Å². The molecule has 1 amide bonds. The van der Waals surface area contributed by atoms with Crippen LogP contribution in [-0.4, -0.2) is 49.1 Å². The predicted molar refractivity (Wildman–Crippen MR) is 139 cm³/mol. The van der Waals surface area contributed by atoms with E-state index in [1.807, 2.05) is 0 Å². The quantitative estimate of drug-likeness (QED) is 0.204. The molecule has 2 N–H and O–H groups in total. The van der Waals surface area contributed by atoms with E-state index >= 15 is 0 Å². The zero-order valence-corrected chi connectivity index (χ0v) is 22.0. The number of nitrogens with two attached hydrogens (primary N) is 1. The molecule has 1 unspecified atom stereocenters. The topological polar surface area (TPSA) is 94.2 Å². The van der Waals surface area contributed by atoms with E-state index in [0.29, 0.717) is 12.3 Å². The second-order valence-corrected chi connectivity index (χ2v) is 10.9. The Labute approximate surface area is 214 Å². The highest BCUT2D eigenvalue weighted by atomic mass is 16.5. The van der Waals surface area contributed by atoms with Crippen molar-refractivity contribution in [3.05, 3.63) is 34.9 Å². The lowest BCUT2D eigenvalue weighted by Gasteiger charge is -2.46. The lowest BCUT2D eigenvalue weighted by atomic mass is 9.62. The van der Waals surface area contributed by atoms with Gasteiger partial charge in [-0.1, -0.05) is 17.9 Å². The number of aliphatic imine (C=N–C) groups is 1. The van der Waals surface area contributed by atoms with Crippen molar-refractivity contribution in [3.8, 4) is 11.8 Å². The predicted octanol–water partition coefficient (Wildman–Crippen LogP) is 3.91. The fourth-order valence-corrected chi connectivity index (χ4v) is 5.77. The molecule has 3 aliphatic rings. The van der Waals surface area contributed by atoms with Crippen LogP contribution in [0.4, 0.5) is 0 Å². The first-order chi connectivity index (χ1) is 17.2. The average Bonchev–Trinajstić information content (AvgIpc) is 3.65. The molecule has 0 bridgehead atoms. The third-order valence-electron chi connectivity index (χ3n) is 8.10. The van der Waals surface area contributed by atoms with E-state index in [0.717, 1.165) is 43.2 Å². The molecule has 1 aromatic carbocycles. The van der Waals surface area contributed by atoms with Gasteiger partial charge in [-0.15, -0.1) is 0 Å². The maximum Gasteiger partial charge on any atom is 0.307 e. The molecular weight excluding hydrogens is 454 g/mol. The molecule has 194 valence electrons. The number of nitrogens with zero attached hydrogens (tertiary/aromatic N) is 2. The van der Waals surface area contributed by atoms with Gasteiger partial charge in [0, 0.05) is 30.6 Å². The van der Waals surface area contributed by atoms with Crippen molar-refractivity contribution in [1.29, 1.82) is 0 Å². The SMILES string of the molecule is COC1CCC2(CC1)Cc1ccc(C#CC3CC3)cc1C2(C)N=C(N)N(C=O)CCC(=O)OC(C)C. The largest absolute Gasteiger partial charge is 0.463 e. The first-order valence-corrected chi connectivity index (χ1v) is 13.1. The lowest BCUT2D eigenvalue weighted by Crippen LogP contribution is -2.47. The number of benzene rings is 1. The first kappa shape index (κ1) is 26.2. The van der Waals surface area contributed by atoms with Crippen LogP contribution in [0.25, 0.3) is 0 Å². The summed E-state index contributed by atoms with van der Waals surface area (Å²) in [4.78, 5) is 30.4. The standard InChI is InChI=1S/C29H39N3O4/c1-20(2)36-26(34)13-16-32(19-33)27(30)31-28(3)25-17-22(8-7-21-5-6-21)9-10-23(25)18-29(28)14-11-24(35-4)12-15-29/h9-10,17,19-21,24H,5-6,11-16,18H2,1-4H3,(H2,30,31). The van der Waals surface area contributed by atoms with Crippen LogP contribution in [0.5, 0.6) is 0 Å². The number of fused-ring (bicyclic) bond motifs is 1. The van der Waals surface area contributed by atoms with E-state index in [2.05, 4.69) is 37.0 Å². The number of hydrogen-bond acceptors (Lipinski definition) is 5. The Bertz CT molecular complexity index is 1070. The molecular formula is C29H39N3O4. The van der Waals surface area contributed by atoms with Gasteiger partial charge in [0.05, 0.1) is 24.2 Å². The summed E-state index contributed by atoms with van der Waals surface area (Å²) >= 11 is 0. The second kappa shape index (κ2) is 10.6. The number of guanidine groups is 1. The van der Waals surface area contributed by atoms with Gasteiger partial charge in [0.1, 0.15) is 0 Å². The Morgan fingerprint density at radius 2 is 2.00 bits per heavy atom. The number of carbonyl (C=O) groups excluding carboxylic acids is 2. The van der Waals surface area contributed by atoms with Crippen molar-refractivity contribution in [1.82, 2.24) is 4.90 Å². The zero-order chi connectivity index (χ0) is 25.9. The number of hydrogen-bond donors (Lipinski definition) is 1. The maximum absolute atomic E-state index is 12.1. The molecule has 0 heterocycles. The number of carbonyl (C=O) groups is 2. The Hall–Kier alpha value is -2.85. The van der Waals surface area contributed by atoms with Gasteiger partial charge in [-0.25, -0.2) is 4.99 Å². The summed E-state index contributed by atoms with van der Waals surface area (Å²) < 4.78 is 10.9. The van der Waals surface area contributed by atoms with E-state index in [-0.39, 0.29) is 42.5 Å². The van der Waals surface area contributed by atoms with Crippen molar-refractivity contribution < 1.29 is 19.1 Å². The van der Waals surface area contributed by atoms with Crippen molar-refractivity contribution >= 4 is 18.3 Å². The van der Waals surface area contributed by atoms with Crippen LogP contribution in [0.15, 0.2) is 23.2 Å². The molecule has 3 aliphatic carbocycles. The number of ether oxygens (including phenoxy) is 2. The van der Waals surface area contributed by atoms with E-state index in [1.54, 1.807) is 21.0 Å². The van der Waals surface area contributed by atoms with Crippen molar-refractivity contribution in [2.45, 2.75) is 89.9 Å². The average molecular weight is 494 g/mol. The van der Waals surface area contributed by atoms with Gasteiger partial charge in [0.2, 0.25) is 6.41 Å². The first-order valence-electron chi connectivity index (χ1n) is 13.1. The number of esters is 1. The number of rotatable bonds is 7. The Morgan fingerprint density at radius 3 is 2.61 bits per heavy atom. The monoisotopic (exact) mass is 493 g/mol. The van der Waals surface area contributed by atoms with Gasteiger partial charge in [0.25, 0.3) is 0 Å². The molecule has 0 aliphatic heterocycles. The summed E-state index contributed by atoms with van der Waals surface area (Å²) in [6, 6.07) is 6.47. The summed E-state index contributed by atoms with van der Waals surface area (Å²) in [7, 11) is 1.78. The third-order valence-corrected chi connectivity index (χ3v) is 8.10. The second-order valence-electron chi connectivity index (χ2n) is 10.9. The minimum absolute atomic E-state index is 0.0575. The molecule has 7 heteroatoms. The van der Waals surface area contributed by atoms with Crippen LogP contribution in [0.2, 0.25) is 0 Å². The van der Waals surface area contributed by atoms with Crippen LogP contribution >= 0.6 is 0 Å². The minimum Gasteiger partial charge on any atom is -0.463 e. The van der Waals surface area contributed by atoms with E-state index in [1.165, 1.54) is 23.3 Å². The molecule has 2 saturated carbocycles. The maximum atomic E-state index is 12.1. The molecule has 1 spiro atoms. The molecule has 0 radical (unpaired) electrons. The van der Waals surface area contributed by atoms with Gasteiger partial charge >= 0.3 is 5.97 Å². The third kappa shape index (κ3) is 5.44. The van der Waals surface area contributed by atoms with Gasteiger partial charge in [-0.2, -0.15) is 0 Å². The molecule has 4 rings (SSSR count). The van der Waals surface area contributed by atoms with Gasteiger partial charge in [0.15, 0.2) is 5.96 Å². The Morgan fingerprint density at radius 1 is 1.28 bits per heavy atom. The van der Waals surface area contributed by atoms with E-state index in [4.69, 9.17) is 20.2 Å². The summed E-state index contributed by atoms with van der Waals surface area (Å²) in [5.41, 5.74) is 9.11. The molecule has 7 nitrogen and oxygen atoms in total. The fourth-order valence-electron chi connectivity index (χ4n) is 5.77. The van der Waals surface area contributed by atoms with E-state index < -0.39 is 5.54 Å². The van der Waals surface area contributed by atoms with Crippen LogP contribution in [0.3, 0.4) is 0 Å². The molecule has 0 aromatic heterocycles. The summed E-state index contributed by atoms with van der Waals surface area (Å²) in [5.74, 6) is 6.99. The minimum atomic E-state index is -0.623. The van der Waals surface area contributed by atoms with Crippen LogP contribution in [-0.2, 0) is 31.0 Å². The van der Waals surface area contributed by atoms with Gasteiger partial charge in [-0.05, 0) is 89.0 Å². The highest BCUT2D eigenvalue weighted by Crippen LogP contribution is 2.59. The van der Waals surface area contributed by atoms with Crippen molar-refractivity contribution in [2.75, 3.05) is 13.7 Å². The normalized spacial score (nSPS) is 27.4. The molecule has 1 atom stereocenters. The lowest BCUT2D eigenvalue weighted by molar-refractivity contribution is -0.147. The molecule has 36 heavy (non-hydrogen) atoms. The van der Waals surface area contributed by atoms with Gasteiger partial charge in [-0.3, -0.25) is 14.5 Å². The fraction of sp³-hybridized carbons (Fsp3) is 0.621. The van der Waals surface area contributed by atoms with Crippen LogP contribution in [0.1, 0.15) is 82.4 Å². The zero-order valence-electron chi connectivity index (χ0n) is 22.0.